The molecule has 0 fully saturated rings. The van der Waals surface area contributed by atoms with Crippen LogP contribution in [0.5, 0.6) is 0 Å². The van der Waals surface area contributed by atoms with E-state index in [0.29, 0.717) is 6.07 Å². The second-order valence-corrected chi connectivity index (χ2v) is 6.02. The first-order valence-corrected chi connectivity index (χ1v) is 7.54. The Labute approximate surface area is 128 Å². The molecule has 2 aromatic rings. The number of nitro benzene ring substituents is 1. The average molecular weight is 346 g/mol. The first kappa shape index (κ1) is 16.7. The van der Waals surface area contributed by atoms with E-state index in [2.05, 4.69) is 0 Å². The van der Waals surface area contributed by atoms with Crippen molar-refractivity contribution in [1.29, 1.82) is 0 Å². The monoisotopic (exact) mass is 346 g/mol. The van der Waals surface area contributed by atoms with Gasteiger partial charge in [-0.05, 0) is 18.2 Å². The molecule has 23 heavy (non-hydrogen) atoms. The Bertz CT molecular complexity index is 850. The number of nitrogens with zero attached hydrogens (tertiary/aromatic N) is 1. The van der Waals surface area contributed by atoms with Crippen LogP contribution in [0.1, 0.15) is 5.56 Å². The highest BCUT2D eigenvalue weighted by Crippen LogP contribution is 2.35. The number of nitrogens with one attached hydrogen (secondary N) is 1. The number of hydrogen-bond donors (Lipinski definition) is 1. The van der Waals surface area contributed by atoms with Crippen LogP contribution < -0.4 is 4.72 Å². The van der Waals surface area contributed by atoms with Gasteiger partial charge in [-0.25, -0.2) is 8.42 Å². The first-order chi connectivity index (χ1) is 10.6. The van der Waals surface area contributed by atoms with E-state index in [1.807, 2.05) is 4.72 Å². The van der Waals surface area contributed by atoms with Crippen molar-refractivity contribution in [1.82, 2.24) is 0 Å². The van der Waals surface area contributed by atoms with Gasteiger partial charge >= 0.3 is 6.18 Å². The van der Waals surface area contributed by atoms with Crippen molar-refractivity contribution in [3.05, 3.63) is 64.2 Å². The van der Waals surface area contributed by atoms with Crippen molar-refractivity contribution in [2.45, 2.75) is 11.1 Å². The van der Waals surface area contributed by atoms with Crippen molar-refractivity contribution in [2.75, 3.05) is 4.72 Å². The number of benzene rings is 2. The molecule has 2 rings (SSSR count). The van der Waals surface area contributed by atoms with E-state index < -0.39 is 43.0 Å². The summed E-state index contributed by atoms with van der Waals surface area (Å²) in [5, 5.41) is 10.9. The van der Waals surface area contributed by atoms with Gasteiger partial charge in [0.2, 0.25) is 0 Å². The molecule has 0 amide bonds. The average Bonchev–Trinajstić information content (AvgIpc) is 2.46. The molecule has 0 aliphatic rings. The summed E-state index contributed by atoms with van der Waals surface area (Å²) in [6.07, 6.45) is -4.88. The Kier molecular flexibility index (Phi) is 4.28. The Morgan fingerprint density at radius 2 is 1.57 bits per heavy atom. The summed E-state index contributed by atoms with van der Waals surface area (Å²) in [4.78, 5) is 9.01. The third-order valence-corrected chi connectivity index (χ3v) is 4.25. The summed E-state index contributed by atoms with van der Waals surface area (Å²) in [5.41, 5.74) is -2.35. The van der Waals surface area contributed by atoms with Gasteiger partial charge in [-0.3, -0.25) is 14.8 Å². The Morgan fingerprint density at radius 3 is 2.17 bits per heavy atom. The number of rotatable bonds is 4. The maximum Gasteiger partial charge on any atom is 0.417 e. The molecule has 0 bridgehead atoms. The lowest BCUT2D eigenvalue weighted by atomic mass is 10.2. The van der Waals surface area contributed by atoms with E-state index in [1.54, 1.807) is 0 Å². The number of alkyl halides is 3. The van der Waals surface area contributed by atoms with Gasteiger partial charge < -0.3 is 0 Å². The molecule has 1 N–H and O–H groups in total. The van der Waals surface area contributed by atoms with E-state index in [1.165, 1.54) is 12.1 Å². The zero-order valence-corrected chi connectivity index (χ0v) is 12.1. The standard InChI is InChI=1S/C13H9F3N2O4S/c14-13(15,16)9-5-1-4-8-12(9)23(21,22)17-10-6-2-3-7-11(10)18(19)20/h1-8,17H. The number of nitro groups is 1. The Hall–Kier alpha value is -2.62. The molecular weight excluding hydrogens is 337 g/mol. The molecule has 0 unspecified atom stereocenters. The third kappa shape index (κ3) is 3.59. The lowest BCUT2D eigenvalue weighted by molar-refractivity contribution is -0.383. The number of anilines is 1. The lowest BCUT2D eigenvalue weighted by Crippen LogP contribution is -2.19. The SMILES string of the molecule is O=[N+]([O-])c1ccccc1NS(=O)(=O)c1ccccc1C(F)(F)F. The van der Waals surface area contributed by atoms with E-state index in [4.69, 9.17) is 0 Å². The van der Waals surface area contributed by atoms with E-state index in [0.717, 1.165) is 30.3 Å². The fourth-order valence-corrected chi connectivity index (χ4v) is 3.16. The van der Waals surface area contributed by atoms with Gasteiger partial charge in [-0.15, -0.1) is 0 Å². The van der Waals surface area contributed by atoms with Crippen LogP contribution in [0.4, 0.5) is 24.5 Å². The zero-order valence-electron chi connectivity index (χ0n) is 11.2. The van der Waals surface area contributed by atoms with Crippen LogP contribution in [0.15, 0.2) is 53.4 Å². The molecule has 0 saturated heterocycles. The summed E-state index contributed by atoms with van der Waals surface area (Å²) in [6.45, 7) is 0. The fourth-order valence-electron chi connectivity index (χ4n) is 1.85. The van der Waals surface area contributed by atoms with Crippen LogP contribution >= 0.6 is 0 Å². The normalized spacial score (nSPS) is 12.0. The smallest absolute Gasteiger partial charge is 0.273 e. The van der Waals surface area contributed by atoms with Gasteiger partial charge in [0.15, 0.2) is 0 Å². The number of para-hydroxylation sites is 2. The van der Waals surface area contributed by atoms with E-state index in [9.17, 15) is 31.7 Å². The minimum absolute atomic E-state index is 0.422. The van der Waals surface area contributed by atoms with Crippen LogP contribution in [-0.4, -0.2) is 13.3 Å². The van der Waals surface area contributed by atoms with Crippen molar-refractivity contribution >= 4 is 21.4 Å². The van der Waals surface area contributed by atoms with Crippen molar-refractivity contribution in [3.63, 3.8) is 0 Å². The Morgan fingerprint density at radius 1 is 1.00 bits per heavy atom. The molecule has 0 atom stereocenters. The first-order valence-electron chi connectivity index (χ1n) is 6.05. The quantitative estimate of drug-likeness (QED) is 0.678. The van der Waals surface area contributed by atoms with Gasteiger partial charge in [0.25, 0.3) is 15.7 Å². The van der Waals surface area contributed by atoms with E-state index in [-0.39, 0.29) is 0 Å². The maximum atomic E-state index is 12.9. The van der Waals surface area contributed by atoms with Gasteiger partial charge in [0.05, 0.1) is 15.4 Å². The molecule has 0 spiro atoms. The second-order valence-electron chi connectivity index (χ2n) is 4.37. The minimum Gasteiger partial charge on any atom is -0.273 e. The van der Waals surface area contributed by atoms with Crippen LogP contribution in [0, 0.1) is 10.1 Å². The second kappa shape index (κ2) is 5.88. The van der Waals surface area contributed by atoms with Crippen LogP contribution in [0.25, 0.3) is 0 Å². The molecule has 2 aromatic carbocycles. The highest BCUT2D eigenvalue weighted by atomic mass is 32.2. The van der Waals surface area contributed by atoms with Crippen LogP contribution in [0.3, 0.4) is 0 Å². The van der Waals surface area contributed by atoms with Crippen molar-refractivity contribution in [2.24, 2.45) is 0 Å². The summed E-state index contributed by atoms with van der Waals surface area (Å²) >= 11 is 0. The maximum absolute atomic E-state index is 12.9. The molecule has 6 nitrogen and oxygen atoms in total. The van der Waals surface area contributed by atoms with Gasteiger partial charge in [0, 0.05) is 6.07 Å². The lowest BCUT2D eigenvalue weighted by Gasteiger charge is -2.14. The van der Waals surface area contributed by atoms with Crippen molar-refractivity contribution in [3.8, 4) is 0 Å². The largest absolute Gasteiger partial charge is 0.417 e. The molecule has 0 heterocycles. The molecule has 0 radical (unpaired) electrons. The predicted octanol–water partition coefficient (Wildman–Crippen LogP) is 3.41. The highest BCUT2D eigenvalue weighted by molar-refractivity contribution is 7.92. The topological polar surface area (TPSA) is 89.3 Å². The summed E-state index contributed by atoms with van der Waals surface area (Å²) in [6, 6.07) is 8.32. The molecule has 0 saturated carbocycles. The third-order valence-electron chi connectivity index (χ3n) is 2.83. The number of halogens is 3. The number of sulfonamides is 1. The molecule has 0 aromatic heterocycles. The summed E-state index contributed by atoms with van der Waals surface area (Å²) < 4.78 is 65.0. The summed E-state index contributed by atoms with van der Waals surface area (Å²) in [7, 11) is -4.66. The van der Waals surface area contributed by atoms with Gasteiger partial charge in [-0.2, -0.15) is 13.2 Å². The molecule has 0 aliphatic carbocycles. The molecular formula is C13H9F3N2O4S. The molecule has 0 aliphatic heterocycles. The van der Waals surface area contributed by atoms with E-state index >= 15 is 0 Å². The fraction of sp³-hybridized carbons (Fsp3) is 0.0769. The van der Waals surface area contributed by atoms with Crippen LogP contribution in [0.2, 0.25) is 0 Å². The van der Waals surface area contributed by atoms with Gasteiger partial charge in [0.1, 0.15) is 5.69 Å². The zero-order chi connectivity index (χ0) is 17.3. The minimum atomic E-state index is -4.88. The highest BCUT2D eigenvalue weighted by Gasteiger charge is 2.37. The van der Waals surface area contributed by atoms with Crippen LogP contribution in [-0.2, 0) is 16.2 Å². The van der Waals surface area contributed by atoms with Crippen molar-refractivity contribution < 1.29 is 26.5 Å². The Balaban J connectivity index is 2.52. The molecule has 122 valence electrons. The predicted molar refractivity (Wildman–Crippen MR) is 75.3 cm³/mol. The van der Waals surface area contributed by atoms with Gasteiger partial charge in [-0.1, -0.05) is 24.3 Å². The summed E-state index contributed by atoms with van der Waals surface area (Å²) in [5.74, 6) is 0. The number of hydrogen-bond acceptors (Lipinski definition) is 4. The molecule has 10 heteroatoms.